The maximum absolute atomic E-state index is 12.7. The molecule has 0 bridgehead atoms. The fraction of sp³-hybridized carbons (Fsp3) is 0.316. The molecule has 154 valence electrons. The zero-order valence-electron chi connectivity index (χ0n) is 16.3. The van der Waals surface area contributed by atoms with Gasteiger partial charge in [-0.1, -0.05) is 38.1 Å². The molecule has 3 rings (SSSR count). The molecule has 2 heterocycles. The first-order valence-corrected chi connectivity index (χ1v) is 11.2. The van der Waals surface area contributed by atoms with Gasteiger partial charge in [0.25, 0.3) is 10.0 Å². The summed E-state index contributed by atoms with van der Waals surface area (Å²) in [6, 6.07) is 7.50. The van der Waals surface area contributed by atoms with E-state index in [1.54, 1.807) is 12.5 Å². The zero-order chi connectivity index (χ0) is 21.0. The van der Waals surface area contributed by atoms with Crippen molar-refractivity contribution >= 4 is 27.5 Å². The Morgan fingerprint density at radius 2 is 2.00 bits per heavy atom. The summed E-state index contributed by atoms with van der Waals surface area (Å²) >= 11 is 1.07. The largest absolute Gasteiger partial charge is 0.452 e. The number of thiazole rings is 1. The van der Waals surface area contributed by atoms with E-state index < -0.39 is 16.1 Å². The molecule has 0 aliphatic heterocycles. The van der Waals surface area contributed by atoms with E-state index in [0.717, 1.165) is 24.0 Å². The molecule has 0 radical (unpaired) electrons. The minimum Gasteiger partial charge on any atom is -0.452 e. The van der Waals surface area contributed by atoms with E-state index >= 15 is 0 Å². The van der Waals surface area contributed by atoms with Crippen molar-refractivity contribution in [3.05, 3.63) is 53.6 Å². The van der Waals surface area contributed by atoms with Crippen LogP contribution in [-0.2, 0) is 27.7 Å². The molecule has 0 saturated heterocycles. The third kappa shape index (κ3) is 5.21. The van der Waals surface area contributed by atoms with Gasteiger partial charge >= 0.3 is 6.09 Å². The average Bonchev–Trinajstić information content (AvgIpc) is 3.32. The molecule has 2 aromatic heterocycles. The highest BCUT2D eigenvalue weighted by Gasteiger charge is 2.27. The number of ether oxygens (including phenoxy) is 1. The van der Waals surface area contributed by atoms with Crippen LogP contribution in [0.2, 0.25) is 0 Å². The monoisotopic (exact) mass is 434 g/mol. The number of benzene rings is 1. The van der Waals surface area contributed by atoms with Gasteiger partial charge in [0.1, 0.15) is 5.69 Å². The van der Waals surface area contributed by atoms with Crippen LogP contribution in [0.15, 0.2) is 47.2 Å². The van der Waals surface area contributed by atoms with Crippen molar-refractivity contribution in [2.24, 2.45) is 5.92 Å². The van der Waals surface area contributed by atoms with Crippen LogP contribution in [0.25, 0.3) is 11.3 Å². The topological polar surface area (TPSA) is 103 Å². The maximum Gasteiger partial charge on any atom is 0.420 e. The number of hydrogen-bond acceptors (Lipinski definition) is 7. The lowest BCUT2D eigenvalue weighted by atomic mass is 10.1. The minimum absolute atomic E-state index is 0.000842. The summed E-state index contributed by atoms with van der Waals surface area (Å²) in [4.78, 5) is 20.1. The molecule has 0 fully saturated rings. The van der Waals surface area contributed by atoms with E-state index in [2.05, 4.69) is 14.7 Å². The van der Waals surface area contributed by atoms with Gasteiger partial charge in [-0.3, -0.25) is 0 Å². The molecule has 0 saturated carbocycles. The van der Waals surface area contributed by atoms with E-state index in [1.165, 1.54) is 0 Å². The smallest absolute Gasteiger partial charge is 0.420 e. The Labute approximate surface area is 173 Å². The predicted octanol–water partition coefficient (Wildman–Crippen LogP) is 3.30. The Hall–Kier alpha value is -2.72. The number of carbonyl (C=O) groups is 1. The molecule has 0 atom stereocenters. The van der Waals surface area contributed by atoms with E-state index in [-0.39, 0.29) is 4.21 Å². The zero-order valence-corrected chi connectivity index (χ0v) is 18.0. The molecule has 3 aromatic rings. The Bertz CT molecular complexity index is 1070. The second kappa shape index (κ2) is 8.75. The second-order valence-electron chi connectivity index (χ2n) is 6.87. The van der Waals surface area contributed by atoms with E-state index in [0.29, 0.717) is 35.1 Å². The van der Waals surface area contributed by atoms with Crippen LogP contribution in [-0.4, -0.2) is 36.2 Å². The highest BCUT2D eigenvalue weighted by molar-refractivity contribution is 7.92. The Kier molecular flexibility index (Phi) is 6.33. The maximum atomic E-state index is 12.7. The molecule has 0 aliphatic rings. The second-order valence-corrected chi connectivity index (χ2v) is 9.83. The van der Waals surface area contributed by atoms with E-state index in [4.69, 9.17) is 0 Å². The van der Waals surface area contributed by atoms with Crippen molar-refractivity contribution < 1.29 is 17.9 Å². The van der Waals surface area contributed by atoms with Crippen molar-refractivity contribution in [3.8, 4) is 11.3 Å². The minimum atomic E-state index is -4.10. The van der Waals surface area contributed by atoms with Crippen LogP contribution in [0.1, 0.15) is 24.4 Å². The average molecular weight is 435 g/mol. The summed E-state index contributed by atoms with van der Waals surface area (Å²) in [6.45, 7) is 4.73. The van der Waals surface area contributed by atoms with Gasteiger partial charge in [0.15, 0.2) is 4.21 Å². The summed E-state index contributed by atoms with van der Waals surface area (Å²) < 4.78 is 33.7. The first-order valence-electron chi connectivity index (χ1n) is 8.94. The number of nitrogens with zero attached hydrogens (tertiary/aromatic N) is 3. The van der Waals surface area contributed by atoms with Crippen LogP contribution in [0.3, 0.4) is 0 Å². The van der Waals surface area contributed by atoms with Crippen LogP contribution in [0.5, 0.6) is 0 Å². The molecule has 1 aromatic carbocycles. The number of sulfonamides is 1. The summed E-state index contributed by atoms with van der Waals surface area (Å²) in [7, 11) is -2.98. The normalized spacial score (nSPS) is 11.6. The molecule has 0 spiro atoms. The summed E-state index contributed by atoms with van der Waals surface area (Å²) in [6.07, 6.45) is 4.92. The molecule has 0 aliphatic carbocycles. The predicted molar refractivity (Wildman–Crippen MR) is 110 cm³/mol. The highest BCUT2D eigenvalue weighted by Crippen LogP contribution is 2.33. The summed E-state index contributed by atoms with van der Waals surface area (Å²) in [5, 5.41) is 0.697. The molecule has 1 amide bonds. The van der Waals surface area contributed by atoms with Gasteiger partial charge in [-0.25, -0.2) is 27.9 Å². The van der Waals surface area contributed by atoms with Gasteiger partial charge < -0.3 is 9.30 Å². The summed E-state index contributed by atoms with van der Waals surface area (Å²) in [5.74, 6) is 0.315. The van der Waals surface area contributed by atoms with Gasteiger partial charge in [0, 0.05) is 30.9 Å². The van der Waals surface area contributed by atoms with E-state index in [9.17, 15) is 13.2 Å². The summed E-state index contributed by atoms with van der Waals surface area (Å²) in [5.41, 5.74) is 2.04. The lowest BCUT2D eigenvalue weighted by molar-refractivity contribution is 0.177. The number of rotatable bonds is 7. The van der Waals surface area contributed by atoms with Crippen LogP contribution >= 0.6 is 11.3 Å². The van der Waals surface area contributed by atoms with Crippen molar-refractivity contribution in [2.75, 3.05) is 7.11 Å². The van der Waals surface area contributed by atoms with Gasteiger partial charge in [-0.2, -0.15) is 0 Å². The quantitative estimate of drug-likeness (QED) is 0.612. The Balaban J connectivity index is 1.96. The molecular formula is C19H22N4O4S2. The first-order chi connectivity index (χ1) is 13.8. The van der Waals surface area contributed by atoms with Crippen molar-refractivity contribution in [2.45, 2.75) is 31.0 Å². The lowest BCUT2D eigenvalue weighted by Crippen LogP contribution is -2.30. The number of nitrogens with one attached hydrogen (secondary N) is 1. The van der Waals surface area contributed by atoms with Crippen molar-refractivity contribution in [1.82, 2.24) is 19.3 Å². The Morgan fingerprint density at radius 1 is 1.28 bits per heavy atom. The van der Waals surface area contributed by atoms with Crippen molar-refractivity contribution in [1.29, 1.82) is 0 Å². The molecular weight excluding hydrogens is 412 g/mol. The fourth-order valence-electron chi connectivity index (χ4n) is 2.71. The molecule has 8 nitrogen and oxygen atoms in total. The van der Waals surface area contributed by atoms with Crippen molar-refractivity contribution in [3.63, 3.8) is 0 Å². The number of imidazole rings is 1. The number of amides is 1. The third-order valence-electron chi connectivity index (χ3n) is 4.02. The van der Waals surface area contributed by atoms with Crippen LogP contribution < -0.4 is 4.72 Å². The number of aromatic nitrogens is 3. The highest BCUT2D eigenvalue weighted by atomic mass is 32.2. The molecule has 0 unspecified atom stereocenters. The lowest BCUT2D eigenvalue weighted by Gasteiger charge is -2.07. The molecule has 10 heteroatoms. The molecule has 1 N–H and O–H groups in total. The fourth-order valence-corrected chi connectivity index (χ4v) is 5.40. The Morgan fingerprint density at radius 3 is 2.59 bits per heavy atom. The first kappa shape index (κ1) is 21.0. The number of methoxy groups -OCH3 is 1. The SMILES string of the molecule is COC(=O)NS(=O)(=O)c1sc(CC(C)C)nc1-c1ccc(Cn2ccnc2)cc1. The number of carbonyl (C=O) groups excluding carboxylic acids is 1. The van der Waals surface area contributed by atoms with Crippen LogP contribution in [0.4, 0.5) is 4.79 Å². The standard InChI is InChI=1S/C19H22N4O4S2/c1-13(2)10-16-21-17(18(28-16)29(25,26)22-19(24)27-3)15-6-4-14(5-7-15)11-23-9-8-20-12-23/h4-9,12-13H,10-11H2,1-3H3,(H,22,24). The number of hydrogen-bond donors (Lipinski definition) is 1. The van der Waals surface area contributed by atoms with Gasteiger partial charge in [-0.05, 0) is 11.5 Å². The van der Waals surface area contributed by atoms with Gasteiger partial charge in [0.05, 0.1) is 18.4 Å². The van der Waals surface area contributed by atoms with E-state index in [1.807, 2.05) is 53.6 Å². The third-order valence-corrected chi connectivity index (χ3v) is 6.92. The van der Waals surface area contributed by atoms with Crippen LogP contribution in [0, 0.1) is 5.92 Å². The van der Waals surface area contributed by atoms with Gasteiger partial charge in [0.2, 0.25) is 0 Å². The molecule has 29 heavy (non-hydrogen) atoms. The van der Waals surface area contributed by atoms with Gasteiger partial charge in [-0.15, -0.1) is 11.3 Å².